The number of hydrogen-bond donors (Lipinski definition) is 3. The number of rotatable bonds is 15. The van der Waals surface area contributed by atoms with Gasteiger partial charge in [0.05, 0.1) is 0 Å². The molecule has 134 valence electrons. The first-order chi connectivity index (χ1) is 11.0. The number of nitrogens with one attached hydrogen (secondary N) is 2. The van der Waals surface area contributed by atoms with Crippen LogP contribution in [-0.4, -0.2) is 42.4 Å². The first-order valence-electron chi connectivity index (χ1n) is 8.69. The molecule has 0 aliphatic rings. The molecule has 0 aliphatic heterocycles. The summed E-state index contributed by atoms with van der Waals surface area (Å²) in [5.41, 5.74) is 0. The van der Waals surface area contributed by atoms with Crippen molar-refractivity contribution in [1.82, 2.24) is 10.6 Å². The quantitative estimate of drug-likeness (QED) is 0.401. The fourth-order valence-electron chi connectivity index (χ4n) is 2.32. The maximum absolute atomic E-state index is 11.6. The molecule has 3 N–H and O–H groups in total. The number of carbonyl (C=O) groups excluding carboxylic acids is 2. The summed E-state index contributed by atoms with van der Waals surface area (Å²) in [4.78, 5) is 33.5. The molecule has 0 fully saturated rings. The summed E-state index contributed by atoms with van der Waals surface area (Å²) >= 11 is 0. The average Bonchev–Trinajstić information content (AvgIpc) is 2.53. The third kappa shape index (κ3) is 12.8. The zero-order chi connectivity index (χ0) is 17.5. The van der Waals surface area contributed by atoms with Gasteiger partial charge in [-0.1, -0.05) is 19.8 Å². The van der Waals surface area contributed by atoms with E-state index in [-0.39, 0.29) is 5.91 Å². The Balaban J connectivity index is 3.44. The lowest BCUT2D eigenvalue weighted by molar-refractivity contribution is -0.139. The van der Waals surface area contributed by atoms with Crippen LogP contribution >= 0.6 is 0 Å². The molecule has 1 unspecified atom stereocenters. The van der Waals surface area contributed by atoms with Crippen molar-refractivity contribution in [1.29, 1.82) is 0 Å². The Morgan fingerprint density at radius 1 is 0.957 bits per heavy atom. The Bertz CT molecular complexity index is 359. The number of aliphatic carboxylic acids is 1. The monoisotopic (exact) mass is 328 g/mol. The summed E-state index contributed by atoms with van der Waals surface area (Å²) in [6, 6.07) is -0.509. The molecule has 1 amide bonds. The number of Topliss-reactive ketones (excluding diaryl/α,β-unsaturated/α-hetero) is 1. The van der Waals surface area contributed by atoms with E-state index in [1.54, 1.807) is 7.05 Å². The molecule has 0 aromatic heterocycles. The van der Waals surface area contributed by atoms with Gasteiger partial charge in [-0.25, -0.2) is 0 Å². The summed E-state index contributed by atoms with van der Waals surface area (Å²) in [7, 11) is 1.64. The van der Waals surface area contributed by atoms with Gasteiger partial charge < -0.3 is 15.7 Å². The molecule has 0 rings (SSSR count). The van der Waals surface area contributed by atoms with Gasteiger partial charge in [0.25, 0.3) is 0 Å². The third-order valence-electron chi connectivity index (χ3n) is 3.89. The zero-order valence-electron chi connectivity index (χ0n) is 14.5. The number of ketones is 1. The molecule has 6 heteroatoms. The summed E-state index contributed by atoms with van der Waals surface area (Å²) in [6.45, 7) is 2.48. The highest BCUT2D eigenvalue weighted by molar-refractivity contribution is 5.77. The summed E-state index contributed by atoms with van der Waals surface area (Å²) in [5, 5.41) is 14.5. The molecule has 0 radical (unpaired) electrons. The first kappa shape index (κ1) is 21.6. The number of amides is 1. The highest BCUT2D eigenvalue weighted by Gasteiger charge is 2.13. The second-order valence-electron chi connectivity index (χ2n) is 5.83. The van der Waals surface area contributed by atoms with Crippen molar-refractivity contribution in [3.8, 4) is 0 Å². The largest absolute Gasteiger partial charge is 0.480 e. The van der Waals surface area contributed by atoms with Crippen LogP contribution in [0.4, 0.5) is 0 Å². The van der Waals surface area contributed by atoms with Crippen LogP contribution in [0.1, 0.15) is 71.1 Å². The lowest BCUT2D eigenvalue weighted by Crippen LogP contribution is -2.33. The van der Waals surface area contributed by atoms with Crippen LogP contribution in [0, 0.1) is 0 Å². The fourth-order valence-corrected chi connectivity index (χ4v) is 2.32. The van der Waals surface area contributed by atoms with E-state index >= 15 is 0 Å². The summed E-state index contributed by atoms with van der Waals surface area (Å²) in [5.74, 6) is -0.471. The smallest absolute Gasteiger partial charge is 0.320 e. The van der Waals surface area contributed by atoms with Gasteiger partial charge in [-0.2, -0.15) is 0 Å². The molecule has 0 aliphatic carbocycles. The Morgan fingerprint density at radius 3 is 2.17 bits per heavy atom. The van der Waals surface area contributed by atoms with E-state index in [2.05, 4.69) is 10.6 Å². The van der Waals surface area contributed by atoms with E-state index in [9.17, 15) is 14.4 Å². The Morgan fingerprint density at radius 2 is 1.61 bits per heavy atom. The topological polar surface area (TPSA) is 95.5 Å². The number of likely N-dealkylation sites (N-methyl/N-ethyl adjacent to an activating group) is 1. The van der Waals surface area contributed by atoms with Crippen molar-refractivity contribution >= 4 is 17.7 Å². The highest BCUT2D eigenvalue weighted by Crippen LogP contribution is 2.07. The van der Waals surface area contributed by atoms with E-state index in [4.69, 9.17) is 5.11 Å². The summed E-state index contributed by atoms with van der Waals surface area (Å²) < 4.78 is 0. The van der Waals surface area contributed by atoms with Crippen molar-refractivity contribution in [3.63, 3.8) is 0 Å². The van der Waals surface area contributed by atoms with Crippen molar-refractivity contribution < 1.29 is 19.5 Å². The second-order valence-corrected chi connectivity index (χ2v) is 5.83. The molecule has 6 nitrogen and oxygen atoms in total. The molecule has 0 saturated carbocycles. The van der Waals surface area contributed by atoms with Gasteiger partial charge in [-0.3, -0.25) is 14.4 Å². The normalized spacial score (nSPS) is 11.9. The highest BCUT2D eigenvalue weighted by atomic mass is 16.4. The minimum atomic E-state index is -0.836. The summed E-state index contributed by atoms with van der Waals surface area (Å²) in [6.07, 6.45) is 7.68. The van der Waals surface area contributed by atoms with Gasteiger partial charge in [0.2, 0.25) is 5.91 Å². The van der Waals surface area contributed by atoms with Crippen LogP contribution < -0.4 is 10.6 Å². The molecule has 0 spiro atoms. The van der Waals surface area contributed by atoms with E-state index in [0.29, 0.717) is 38.0 Å². The molecule has 0 heterocycles. The number of unbranched alkanes of at least 4 members (excludes halogenated alkanes) is 4. The minimum Gasteiger partial charge on any atom is -0.480 e. The second kappa shape index (κ2) is 14.2. The molecule has 0 bridgehead atoms. The average molecular weight is 328 g/mol. The van der Waals surface area contributed by atoms with Gasteiger partial charge in [0.1, 0.15) is 11.8 Å². The van der Waals surface area contributed by atoms with Crippen LogP contribution in [0.25, 0.3) is 0 Å². The molecule has 0 aromatic carbocycles. The molecule has 0 aromatic rings. The van der Waals surface area contributed by atoms with Gasteiger partial charge in [0.15, 0.2) is 0 Å². The first-order valence-corrected chi connectivity index (χ1v) is 8.69. The van der Waals surface area contributed by atoms with E-state index in [1.165, 1.54) is 0 Å². The number of carbonyl (C=O) groups is 3. The van der Waals surface area contributed by atoms with Crippen molar-refractivity contribution in [2.24, 2.45) is 0 Å². The van der Waals surface area contributed by atoms with Crippen molar-refractivity contribution in [2.45, 2.75) is 77.2 Å². The Labute approximate surface area is 139 Å². The van der Waals surface area contributed by atoms with Crippen LogP contribution in [-0.2, 0) is 14.4 Å². The Kier molecular flexibility index (Phi) is 13.3. The molecule has 0 saturated heterocycles. The predicted molar refractivity (Wildman–Crippen MR) is 90.3 cm³/mol. The lowest BCUT2D eigenvalue weighted by Gasteiger charge is -2.10. The molecule has 1 atom stereocenters. The molecule has 23 heavy (non-hydrogen) atoms. The number of carboxylic acids is 1. The fraction of sp³-hybridized carbons (Fsp3) is 0.824. The van der Waals surface area contributed by atoms with Crippen molar-refractivity contribution in [3.05, 3.63) is 0 Å². The van der Waals surface area contributed by atoms with Crippen LogP contribution in [0.15, 0.2) is 0 Å². The van der Waals surface area contributed by atoms with Gasteiger partial charge in [-0.05, 0) is 39.2 Å². The maximum atomic E-state index is 11.6. The van der Waals surface area contributed by atoms with E-state index < -0.39 is 12.0 Å². The van der Waals surface area contributed by atoms with Crippen molar-refractivity contribution in [2.75, 3.05) is 13.6 Å². The SMILES string of the molecule is CCC(=O)CCCCCCC(=O)NCCCCC(NC)C(=O)O. The lowest BCUT2D eigenvalue weighted by atomic mass is 10.1. The number of hydrogen-bond acceptors (Lipinski definition) is 4. The van der Waals surface area contributed by atoms with Crippen LogP contribution in [0.3, 0.4) is 0 Å². The predicted octanol–water partition coefficient (Wildman–Crippen LogP) is 2.27. The van der Waals surface area contributed by atoms with Gasteiger partial charge in [-0.15, -0.1) is 0 Å². The van der Waals surface area contributed by atoms with E-state index in [1.807, 2.05) is 6.92 Å². The molecular weight excluding hydrogens is 296 g/mol. The van der Waals surface area contributed by atoms with E-state index in [0.717, 1.165) is 38.5 Å². The van der Waals surface area contributed by atoms with Gasteiger partial charge >= 0.3 is 5.97 Å². The third-order valence-corrected chi connectivity index (χ3v) is 3.89. The Hall–Kier alpha value is -1.43. The van der Waals surface area contributed by atoms with Crippen LogP contribution in [0.5, 0.6) is 0 Å². The van der Waals surface area contributed by atoms with Crippen LogP contribution in [0.2, 0.25) is 0 Å². The zero-order valence-corrected chi connectivity index (χ0v) is 14.5. The molecular formula is C17H32N2O4. The number of carboxylic acid groups (broad SMARTS) is 1. The maximum Gasteiger partial charge on any atom is 0.320 e. The minimum absolute atomic E-state index is 0.0537. The van der Waals surface area contributed by atoms with Gasteiger partial charge in [0, 0.05) is 25.8 Å². The standard InChI is InChI=1S/C17H32N2O4/c1-3-14(20)10-6-4-5-7-12-16(21)19-13-9-8-11-15(18-2)17(22)23/h15,18H,3-13H2,1-2H3,(H,19,21)(H,22,23).